The molecular formula is C11H20N2O2S. The first-order chi connectivity index (χ1) is 7.39. The quantitative estimate of drug-likeness (QED) is 0.717. The number of amides is 1. The summed E-state index contributed by atoms with van der Waals surface area (Å²) in [6.45, 7) is 7.05. The van der Waals surface area contributed by atoms with E-state index in [1.807, 2.05) is 20.8 Å². The van der Waals surface area contributed by atoms with Gasteiger partial charge in [-0.3, -0.25) is 4.79 Å². The van der Waals surface area contributed by atoms with Crippen LogP contribution in [-0.2, 0) is 9.53 Å². The van der Waals surface area contributed by atoms with Crippen LogP contribution in [0.3, 0.4) is 0 Å². The van der Waals surface area contributed by atoms with Crippen molar-refractivity contribution >= 4 is 23.2 Å². The van der Waals surface area contributed by atoms with Gasteiger partial charge in [0.2, 0.25) is 5.91 Å². The summed E-state index contributed by atoms with van der Waals surface area (Å²) in [5.41, 5.74) is -0.421. The van der Waals surface area contributed by atoms with Crippen molar-refractivity contribution in [3.8, 4) is 0 Å². The molecule has 4 nitrogen and oxygen atoms in total. The molecule has 2 N–H and O–H groups in total. The molecule has 0 spiro atoms. The van der Waals surface area contributed by atoms with Gasteiger partial charge >= 0.3 is 0 Å². The van der Waals surface area contributed by atoms with E-state index in [0.717, 1.165) is 19.4 Å². The molecule has 0 aliphatic carbocycles. The monoisotopic (exact) mass is 244 g/mol. The largest absolute Gasteiger partial charge is 0.376 e. The van der Waals surface area contributed by atoms with Gasteiger partial charge in [-0.1, -0.05) is 20.8 Å². The van der Waals surface area contributed by atoms with Crippen LogP contribution in [0.1, 0.15) is 33.6 Å². The second kappa shape index (κ2) is 5.59. The first-order valence-electron chi connectivity index (χ1n) is 5.60. The Bertz CT molecular complexity index is 268. The van der Waals surface area contributed by atoms with Crippen LogP contribution in [0.5, 0.6) is 0 Å². The average molecular weight is 244 g/mol. The van der Waals surface area contributed by atoms with E-state index in [1.54, 1.807) is 0 Å². The van der Waals surface area contributed by atoms with Gasteiger partial charge < -0.3 is 15.4 Å². The molecule has 5 heteroatoms. The molecule has 1 amide bonds. The third kappa shape index (κ3) is 4.45. The molecule has 1 rings (SSSR count). The summed E-state index contributed by atoms with van der Waals surface area (Å²) < 4.78 is 5.44. The van der Waals surface area contributed by atoms with Crippen molar-refractivity contribution in [1.82, 2.24) is 10.6 Å². The summed E-state index contributed by atoms with van der Waals surface area (Å²) in [5.74, 6) is -0.0719. The molecule has 0 radical (unpaired) electrons. The molecule has 1 aliphatic heterocycles. The fraction of sp³-hybridized carbons (Fsp3) is 0.818. The summed E-state index contributed by atoms with van der Waals surface area (Å²) in [4.78, 5) is 11.6. The number of ether oxygens (including phenoxy) is 1. The van der Waals surface area contributed by atoms with E-state index in [2.05, 4.69) is 10.6 Å². The zero-order valence-corrected chi connectivity index (χ0v) is 10.9. The summed E-state index contributed by atoms with van der Waals surface area (Å²) in [5, 5.41) is 6.06. The van der Waals surface area contributed by atoms with E-state index < -0.39 is 5.41 Å². The molecule has 0 aromatic rings. The summed E-state index contributed by atoms with van der Waals surface area (Å²) in [7, 11) is 0. The first-order valence-corrected chi connectivity index (χ1v) is 6.01. The molecule has 0 aromatic heterocycles. The molecule has 0 bridgehead atoms. The van der Waals surface area contributed by atoms with Crippen LogP contribution in [0.15, 0.2) is 0 Å². The van der Waals surface area contributed by atoms with Crippen molar-refractivity contribution < 1.29 is 9.53 Å². The minimum Gasteiger partial charge on any atom is -0.376 e. The van der Waals surface area contributed by atoms with Gasteiger partial charge in [0, 0.05) is 18.6 Å². The van der Waals surface area contributed by atoms with Crippen molar-refractivity contribution in [3.05, 3.63) is 0 Å². The highest BCUT2D eigenvalue weighted by molar-refractivity contribution is 7.80. The maximum Gasteiger partial charge on any atom is 0.231 e. The lowest BCUT2D eigenvalue weighted by Crippen LogP contribution is -2.46. The van der Waals surface area contributed by atoms with Crippen LogP contribution in [0.4, 0.5) is 0 Å². The number of hydrogen-bond acceptors (Lipinski definition) is 3. The normalized spacial score (nSPS) is 20.6. The Morgan fingerprint density at radius 3 is 2.69 bits per heavy atom. The van der Waals surface area contributed by atoms with Gasteiger partial charge in [0.15, 0.2) is 5.11 Å². The number of rotatable bonds is 2. The van der Waals surface area contributed by atoms with E-state index >= 15 is 0 Å². The maximum atomic E-state index is 11.6. The van der Waals surface area contributed by atoms with Gasteiger partial charge in [0.05, 0.1) is 6.10 Å². The summed E-state index contributed by atoms with van der Waals surface area (Å²) >= 11 is 5.04. The van der Waals surface area contributed by atoms with Gasteiger partial charge in [0.1, 0.15) is 0 Å². The Morgan fingerprint density at radius 2 is 2.19 bits per heavy atom. The Kier molecular flexibility index (Phi) is 4.68. The highest BCUT2D eigenvalue weighted by Gasteiger charge is 2.22. The van der Waals surface area contributed by atoms with E-state index in [9.17, 15) is 4.79 Å². The molecule has 1 unspecified atom stereocenters. The standard InChI is InChI=1S/C11H20N2O2S/c1-11(2,3)9(14)13-10(16)12-7-8-5-4-6-15-8/h8H,4-7H2,1-3H3,(H2,12,13,14,16). The zero-order chi connectivity index (χ0) is 12.2. The van der Waals surface area contributed by atoms with E-state index in [1.165, 1.54) is 0 Å². The number of carbonyl (C=O) groups excluding carboxylic acids is 1. The van der Waals surface area contributed by atoms with Gasteiger partial charge in [-0.25, -0.2) is 0 Å². The Balaban J connectivity index is 2.22. The van der Waals surface area contributed by atoms with Crippen molar-refractivity contribution in [2.24, 2.45) is 5.41 Å². The predicted molar refractivity (Wildman–Crippen MR) is 67.2 cm³/mol. The van der Waals surface area contributed by atoms with Gasteiger partial charge in [-0.2, -0.15) is 0 Å². The van der Waals surface area contributed by atoms with Crippen LogP contribution < -0.4 is 10.6 Å². The fourth-order valence-electron chi connectivity index (χ4n) is 1.35. The minimum absolute atomic E-state index is 0.0719. The molecule has 1 fully saturated rings. The number of thiocarbonyl (C=S) groups is 1. The molecular weight excluding hydrogens is 224 g/mol. The Labute approximate surface area is 102 Å². The molecule has 1 atom stereocenters. The second-order valence-electron chi connectivity index (χ2n) is 5.05. The zero-order valence-electron chi connectivity index (χ0n) is 10.1. The molecule has 16 heavy (non-hydrogen) atoms. The van der Waals surface area contributed by atoms with E-state index in [0.29, 0.717) is 11.7 Å². The summed E-state index contributed by atoms with van der Waals surface area (Å²) in [6, 6.07) is 0. The number of nitrogens with one attached hydrogen (secondary N) is 2. The molecule has 0 saturated carbocycles. The topological polar surface area (TPSA) is 50.4 Å². The minimum atomic E-state index is -0.421. The van der Waals surface area contributed by atoms with E-state index in [4.69, 9.17) is 17.0 Å². The smallest absolute Gasteiger partial charge is 0.231 e. The highest BCUT2D eigenvalue weighted by Crippen LogP contribution is 2.12. The van der Waals surface area contributed by atoms with Gasteiger partial charge in [-0.15, -0.1) is 0 Å². The molecule has 92 valence electrons. The molecule has 1 saturated heterocycles. The maximum absolute atomic E-state index is 11.6. The third-order valence-corrected chi connectivity index (χ3v) is 2.67. The first kappa shape index (κ1) is 13.4. The fourth-order valence-corrected chi connectivity index (χ4v) is 1.52. The highest BCUT2D eigenvalue weighted by atomic mass is 32.1. The van der Waals surface area contributed by atoms with Gasteiger partial charge in [-0.05, 0) is 25.1 Å². The summed E-state index contributed by atoms with van der Waals surface area (Å²) in [6.07, 6.45) is 2.39. The number of carbonyl (C=O) groups is 1. The van der Waals surface area contributed by atoms with Crippen molar-refractivity contribution in [1.29, 1.82) is 0 Å². The predicted octanol–water partition coefficient (Wildman–Crippen LogP) is 1.20. The lowest BCUT2D eigenvalue weighted by Gasteiger charge is -2.19. The van der Waals surface area contributed by atoms with Crippen molar-refractivity contribution in [3.63, 3.8) is 0 Å². The lowest BCUT2D eigenvalue weighted by atomic mass is 9.96. The van der Waals surface area contributed by atoms with Crippen LogP contribution in [-0.4, -0.2) is 30.3 Å². The third-order valence-electron chi connectivity index (χ3n) is 2.42. The number of hydrogen-bond donors (Lipinski definition) is 2. The Morgan fingerprint density at radius 1 is 1.50 bits per heavy atom. The molecule has 1 aliphatic rings. The molecule has 1 heterocycles. The van der Waals surface area contributed by atoms with Crippen LogP contribution in [0.25, 0.3) is 0 Å². The van der Waals surface area contributed by atoms with Crippen LogP contribution in [0, 0.1) is 5.41 Å². The van der Waals surface area contributed by atoms with Crippen LogP contribution >= 0.6 is 12.2 Å². The van der Waals surface area contributed by atoms with E-state index in [-0.39, 0.29) is 12.0 Å². The SMILES string of the molecule is CC(C)(C)C(=O)NC(=S)NCC1CCCO1. The molecule has 0 aromatic carbocycles. The van der Waals surface area contributed by atoms with Crippen LogP contribution in [0.2, 0.25) is 0 Å². The second-order valence-corrected chi connectivity index (χ2v) is 5.46. The lowest BCUT2D eigenvalue weighted by molar-refractivity contribution is -0.126. The van der Waals surface area contributed by atoms with Crippen molar-refractivity contribution in [2.45, 2.75) is 39.7 Å². The average Bonchev–Trinajstić information content (AvgIpc) is 2.65. The van der Waals surface area contributed by atoms with Crippen molar-refractivity contribution in [2.75, 3.05) is 13.2 Å². The van der Waals surface area contributed by atoms with Gasteiger partial charge in [0.25, 0.3) is 0 Å². The Hall–Kier alpha value is -0.680.